The summed E-state index contributed by atoms with van der Waals surface area (Å²) in [4.78, 5) is 24.3. The van der Waals surface area contributed by atoms with Crippen LogP contribution >= 0.6 is 11.3 Å². The summed E-state index contributed by atoms with van der Waals surface area (Å²) in [6.45, 7) is 0. The number of nitrogens with zero attached hydrogens (tertiary/aromatic N) is 1. The van der Waals surface area contributed by atoms with Crippen molar-refractivity contribution in [1.29, 1.82) is 0 Å². The van der Waals surface area contributed by atoms with Gasteiger partial charge in [0.05, 0.1) is 17.3 Å². The number of aryl methyl sites for hydroxylation is 1. The Hall–Kier alpha value is -2.34. The first-order valence-corrected chi connectivity index (χ1v) is 6.76. The van der Waals surface area contributed by atoms with Gasteiger partial charge in [-0.2, -0.15) is 0 Å². The van der Waals surface area contributed by atoms with Gasteiger partial charge in [0.15, 0.2) is 5.75 Å². The molecular formula is C14H12N2O3S. The lowest BCUT2D eigenvalue weighted by atomic mass is 10.1. The van der Waals surface area contributed by atoms with Crippen LogP contribution in [0.3, 0.4) is 0 Å². The lowest BCUT2D eigenvalue weighted by Crippen LogP contribution is -2.17. The summed E-state index contributed by atoms with van der Waals surface area (Å²) in [5.74, 6) is -0.321. The summed E-state index contributed by atoms with van der Waals surface area (Å²) in [5.41, 5.74) is 5.98. The SMILES string of the molecule is COc1c(C(N)=O)sc2c1c(=O)n(C)c1ccccc21. The third-order valence-electron chi connectivity index (χ3n) is 3.32. The van der Waals surface area contributed by atoms with Crippen LogP contribution in [0, 0.1) is 0 Å². The summed E-state index contributed by atoms with van der Waals surface area (Å²) < 4.78 is 7.53. The van der Waals surface area contributed by atoms with Crippen LogP contribution in [0.25, 0.3) is 21.0 Å². The van der Waals surface area contributed by atoms with Crippen LogP contribution in [0.5, 0.6) is 5.75 Å². The van der Waals surface area contributed by atoms with Crippen molar-refractivity contribution in [2.24, 2.45) is 12.8 Å². The van der Waals surface area contributed by atoms with Gasteiger partial charge < -0.3 is 15.0 Å². The normalized spacial score (nSPS) is 11.1. The van der Waals surface area contributed by atoms with E-state index in [1.807, 2.05) is 24.3 Å². The first kappa shape index (κ1) is 12.7. The number of hydrogen-bond acceptors (Lipinski definition) is 4. The number of nitrogens with two attached hydrogens (primary N) is 1. The summed E-state index contributed by atoms with van der Waals surface area (Å²) >= 11 is 1.20. The fourth-order valence-electron chi connectivity index (χ4n) is 2.39. The molecule has 1 aromatic carbocycles. The van der Waals surface area contributed by atoms with Gasteiger partial charge in [0.25, 0.3) is 11.5 Å². The van der Waals surface area contributed by atoms with Crippen molar-refractivity contribution in [3.63, 3.8) is 0 Å². The number of aromatic nitrogens is 1. The Bertz CT molecular complexity index is 908. The maximum atomic E-state index is 12.5. The van der Waals surface area contributed by atoms with Gasteiger partial charge >= 0.3 is 0 Å². The van der Waals surface area contributed by atoms with Gasteiger partial charge in [-0.3, -0.25) is 9.59 Å². The molecule has 20 heavy (non-hydrogen) atoms. The van der Waals surface area contributed by atoms with Gasteiger partial charge in [0, 0.05) is 12.4 Å². The molecule has 3 rings (SSSR count). The molecule has 2 N–H and O–H groups in total. The van der Waals surface area contributed by atoms with Crippen molar-refractivity contribution >= 4 is 38.2 Å². The van der Waals surface area contributed by atoms with Crippen LogP contribution in [-0.4, -0.2) is 17.6 Å². The average Bonchev–Trinajstić information content (AvgIpc) is 2.84. The topological polar surface area (TPSA) is 74.3 Å². The Kier molecular flexibility index (Phi) is 2.76. The van der Waals surface area contributed by atoms with Crippen molar-refractivity contribution in [1.82, 2.24) is 4.57 Å². The summed E-state index contributed by atoms with van der Waals surface area (Å²) in [5, 5.41) is 1.31. The highest BCUT2D eigenvalue weighted by Gasteiger charge is 2.22. The van der Waals surface area contributed by atoms with E-state index in [0.717, 1.165) is 15.6 Å². The minimum absolute atomic E-state index is 0.195. The van der Waals surface area contributed by atoms with Crippen LogP contribution in [0.2, 0.25) is 0 Å². The molecule has 5 nitrogen and oxygen atoms in total. The highest BCUT2D eigenvalue weighted by atomic mass is 32.1. The first-order valence-electron chi connectivity index (χ1n) is 5.94. The van der Waals surface area contributed by atoms with Crippen molar-refractivity contribution in [3.8, 4) is 5.75 Å². The minimum atomic E-state index is -0.589. The second kappa shape index (κ2) is 4.35. The molecule has 0 unspecified atom stereocenters. The molecule has 1 amide bonds. The molecule has 0 saturated heterocycles. The number of para-hydroxylation sites is 1. The van der Waals surface area contributed by atoms with Crippen molar-refractivity contribution in [3.05, 3.63) is 39.5 Å². The number of thiophene rings is 1. The maximum Gasteiger partial charge on any atom is 0.263 e. The predicted octanol–water partition coefficient (Wildman–Crippen LogP) is 1.86. The summed E-state index contributed by atoms with van der Waals surface area (Å²) in [6, 6.07) is 7.54. The average molecular weight is 288 g/mol. The Morgan fingerprint density at radius 3 is 2.70 bits per heavy atom. The number of hydrogen-bond donors (Lipinski definition) is 1. The van der Waals surface area contributed by atoms with Gasteiger partial charge in [-0.25, -0.2) is 0 Å². The summed E-state index contributed by atoms with van der Waals surface area (Å²) in [6.07, 6.45) is 0. The second-order valence-electron chi connectivity index (χ2n) is 4.41. The van der Waals surface area contributed by atoms with Crippen LogP contribution < -0.4 is 16.0 Å². The molecule has 0 aliphatic carbocycles. The lowest BCUT2D eigenvalue weighted by Gasteiger charge is -2.06. The van der Waals surface area contributed by atoms with Gasteiger partial charge in [0.1, 0.15) is 10.3 Å². The molecule has 102 valence electrons. The molecule has 6 heteroatoms. The predicted molar refractivity (Wildman–Crippen MR) is 79.6 cm³/mol. The van der Waals surface area contributed by atoms with Crippen molar-refractivity contribution in [2.45, 2.75) is 0 Å². The number of benzene rings is 1. The van der Waals surface area contributed by atoms with E-state index in [1.165, 1.54) is 18.4 Å². The Balaban J connectivity index is 2.65. The number of primary amides is 1. The molecule has 0 spiro atoms. The van der Waals surface area contributed by atoms with Crippen LogP contribution in [0.1, 0.15) is 9.67 Å². The number of pyridine rings is 1. The van der Waals surface area contributed by atoms with Gasteiger partial charge in [-0.1, -0.05) is 18.2 Å². The van der Waals surface area contributed by atoms with Crippen LogP contribution in [0.15, 0.2) is 29.1 Å². The number of amides is 1. The largest absolute Gasteiger partial charge is 0.494 e. The molecule has 0 saturated carbocycles. The van der Waals surface area contributed by atoms with E-state index in [-0.39, 0.29) is 16.2 Å². The number of rotatable bonds is 2. The van der Waals surface area contributed by atoms with Crippen LogP contribution in [-0.2, 0) is 7.05 Å². The zero-order chi connectivity index (χ0) is 14.4. The second-order valence-corrected chi connectivity index (χ2v) is 5.43. The Morgan fingerprint density at radius 2 is 2.05 bits per heavy atom. The van der Waals surface area contributed by atoms with E-state index in [9.17, 15) is 9.59 Å². The van der Waals surface area contributed by atoms with Gasteiger partial charge in [0.2, 0.25) is 0 Å². The molecule has 0 aliphatic heterocycles. The number of ether oxygens (including phenoxy) is 1. The third kappa shape index (κ3) is 1.55. The highest BCUT2D eigenvalue weighted by Crippen LogP contribution is 2.38. The Morgan fingerprint density at radius 1 is 1.35 bits per heavy atom. The molecular weight excluding hydrogens is 276 g/mol. The van der Waals surface area contributed by atoms with E-state index in [1.54, 1.807) is 11.6 Å². The number of fused-ring (bicyclic) bond motifs is 3. The van der Waals surface area contributed by atoms with E-state index >= 15 is 0 Å². The number of carbonyl (C=O) groups is 1. The number of methoxy groups -OCH3 is 1. The van der Waals surface area contributed by atoms with Crippen molar-refractivity contribution in [2.75, 3.05) is 7.11 Å². The number of carbonyl (C=O) groups excluding carboxylic acids is 1. The third-order valence-corrected chi connectivity index (χ3v) is 4.54. The highest BCUT2D eigenvalue weighted by molar-refractivity contribution is 7.22. The van der Waals surface area contributed by atoms with Gasteiger partial charge in [-0.05, 0) is 6.07 Å². The smallest absolute Gasteiger partial charge is 0.263 e. The van der Waals surface area contributed by atoms with Crippen LogP contribution in [0.4, 0.5) is 0 Å². The van der Waals surface area contributed by atoms with E-state index < -0.39 is 5.91 Å². The Labute approximate surface area is 118 Å². The molecule has 0 bridgehead atoms. The molecule has 0 fully saturated rings. The molecule has 0 radical (unpaired) electrons. The van der Waals surface area contributed by atoms with Gasteiger partial charge in [-0.15, -0.1) is 11.3 Å². The quantitative estimate of drug-likeness (QED) is 0.782. The zero-order valence-electron chi connectivity index (χ0n) is 11.0. The zero-order valence-corrected chi connectivity index (χ0v) is 11.8. The van der Waals surface area contributed by atoms with Crippen molar-refractivity contribution < 1.29 is 9.53 Å². The fourth-order valence-corrected chi connectivity index (χ4v) is 3.54. The fraction of sp³-hybridized carbons (Fsp3) is 0.143. The minimum Gasteiger partial charge on any atom is -0.494 e. The maximum absolute atomic E-state index is 12.5. The summed E-state index contributed by atoms with van der Waals surface area (Å²) in [7, 11) is 3.13. The molecule has 2 aromatic heterocycles. The van der Waals surface area contributed by atoms with E-state index in [0.29, 0.717) is 5.39 Å². The molecule has 0 atom stereocenters. The monoisotopic (exact) mass is 288 g/mol. The lowest BCUT2D eigenvalue weighted by molar-refractivity contribution is 0.100. The first-order chi connectivity index (χ1) is 9.56. The molecule has 3 aromatic rings. The van der Waals surface area contributed by atoms with E-state index in [4.69, 9.17) is 10.5 Å². The van der Waals surface area contributed by atoms with E-state index in [2.05, 4.69) is 0 Å². The molecule has 0 aliphatic rings. The standard InChI is InChI=1S/C14H12N2O3S/c1-16-8-6-4-3-5-7(8)11-9(14(16)18)10(19-2)12(20-11)13(15)17/h3-6H,1-2H3,(H2,15,17). The molecule has 2 heterocycles.